The van der Waals surface area contributed by atoms with E-state index in [-0.39, 0.29) is 17.7 Å². The minimum Gasteiger partial charge on any atom is -0.481 e. The Hall–Kier alpha value is -2.57. The zero-order valence-electron chi connectivity index (χ0n) is 15.0. The highest BCUT2D eigenvalue weighted by molar-refractivity contribution is 5.98. The van der Waals surface area contributed by atoms with Crippen molar-refractivity contribution in [3.63, 3.8) is 0 Å². The number of benzene rings is 1. The van der Waals surface area contributed by atoms with Gasteiger partial charge in [0.15, 0.2) is 6.61 Å². The number of carbonyl (C=O) groups excluding carboxylic acids is 2. The van der Waals surface area contributed by atoms with Gasteiger partial charge >= 0.3 is 5.97 Å². The summed E-state index contributed by atoms with van der Waals surface area (Å²) in [6, 6.07) is 2.86. The molecule has 1 aliphatic heterocycles. The van der Waals surface area contributed by atoms with E-state index in [2.05, 4.69) is 5.32 Å². The van der Waals surface area contributed by atoms with Crippen LogP contribution in [0.2, 0.25) is 0 Å². The number of hydrogen-bond acceptors (Lipinski definition) is 4. The van der Waals surface area contributed by atoms with Gasteiger partial charge < -0.3 is 20.1 Å². The van der Waals surface area contributed by atoms with Gasteiger partial charge in [0.25, 0.3) is 5.91 Å². The van der Waals surface area contributed by atoms with Gasteiger partial charge in [-0.2, -0.15) is 0 Å². The second-order valence-corrected chi connectivity index (χ2v) is 6.60. The molecule has 1 unspecified atom stereocenters. The third-order valence-corrected chi connectivity index (χ3v) is 4.20. The van der Waals surface area contributed by atoms with Crippen LogP contribution in [0.15, 0.2) is 12.1 Å². The van der Waals surface area contributed by atoms with Gasteiger partial charge in [-0.1, -0.05) is 13.8 Å². The molecule has 2 amide bonds. The Labute approximate surface area is 147 Å². The van der Waals surface area contributed by atoms with Gasteiger partial charge in [0.1, 0.15) is 11.8 Å². The van der Waals surface area contributed by atoms with E-state index in [0.29, 0.717) is 35.5 Å². The summed E-state index contributed by atoms with van der Waals surface area (Å²) in [4.78, 5) is 37.4. The molecule has 0 radical (unpaired) electrons. The van der Waals surface area contributed by atoms with Gasteiger partial charge in [-0.05, 0) is 43.0 Å². The molecule has 1 aliphatic rings. The van der Waals surface area contributed by atoms with Gasteiger partial charge in [-0.25, -0.2) is 4.79 Å². The summed E-state index contributed by atoms with van der Waals surface area (Å²) < 4.78 is 5.30. The second kappa shape index (κ2) is 7.55. The number of carboxylic acids is 1. The lowest BCUT2D eigenvalue weighted by atomic mass is 9.97. The van der Waals surface area contributed by atoms with Crippen LogP contribution in [0.3, 0.4) is 0 Å². The summed E-state index contributed by atoms with van der Waals surface area (Å²) in [5.41, 5.74) is 1.84. The molecule has 1 fully saturated rings. The maximum atomic E-state index is 13.0. The summed E-state index contributed by atoms with van der Waals surface area (Å²) in [7, 11) is 0. The predicted octanol–water partition coefficient (Wildman–Crippen LogP) is 1.36. The minimum atomic E-state index is -1.06. The molecule has 0 saturated carbocycles. The van der Waals surface area contributed by atoms with E-state index in [9.17, 15) is 14.4 Å². The molecular weight excluding hydrogens is 324 g/mol. The van der Waals surface area contributed by atoms with Crippen LogP contribution in [-0.2, 0) is 9.59 Å². The average Bonchev–Trinajstić information content (AvgIpc) is 2.52. The number of hydrogen-bond donors (Lipinski definition) is 2. The molecule has 1 heterocycles. The zero-order chi connectivity index (χ0) is 18.7. The number of ether oxygens (including phenoxy) is 1. The molecule has 0 spiro atoms. The molecule has 1 aromatic rings. The van der Waals surface area contributed by atoms with Gasteiger partial charge in [-0.3, -0.25) is 9.59 Å². The monoisotopic (exact) mass is 348 g/mol. The Morgan fingerprint density at radius 2 is 1.92 bits per heavy atom. The van der Waals surface area contributed by atoms with Gasteiger partial charge in [-0.15, -0.1) is 0 Å². The Morgan fingerprint density at radius 3 is 2.44 bits per heavy atom. The fourth-order valence-electron chi connectivity index (χ4n) is 3.18. The number of piperazine rings is 1. The molecule has 2 rings (SSSR count). The Balaban J connectivity index is 2.29. The second-order valence-electron chi connectivity index (χ2n) is 6.60. The third kappa shape index (κ3) is 4.10. The molecule has 1 aromatic carbocycles. The lowest BCUT2D eigenvalue weighted by Crippen LogP contribution is -2.59. The number of aliphatic carboxylic acids is 1. The van der Waals surface area contributed by atoms with Crippen molar-refractivity contribution < 1.29 is 24.2 Å². The topological polar surface area (TPSA) is 95.9 Å². The molecule has 7 heteroatoms. The molecule has 0 aliphatic carbocycles. The van der Waals surface area contributed by atoms with Crippen molar-refractivity contribution in [1.29, 1.82) is 0 Å². The standard InChI is InChI=1S/C18H24N2O5/c1-10(2)15-17(23)19-5-6-20(15)18(24)13-7-11(3)16(12(4)8-13)25-9-14(21)22/h7-8,10,15H,5-6,9H2,1-4H3,(H,19,23)(H,21,22). The van der Waals surface area contributed by atoms with Crippen LogP contribution in [0.5, 0.6) is 5.75 Å². The van der Waals surface area contributed by atoms with E-state index in [0.717, 1.165) is 0 Å². The number of carbonyl (C=O) groups is 3. The van der Waals surface area contributed by atoms with Crippen LogP contribution < -0.4 is 10.1 Å². The van der Waals surface area contributed by atoms with Crippen LogP contribution in [0.25, 0.3) is 0 Å². The largest absolute Gasteiger partial charge is 0.481 e. The predicted molar refractivity (Wildman–Crippen MR) is 91.7 cm³/mol. The van der Waals surface area contributed by atoms with Crippen molar-refractivity contribution in [1.82, 2.24) is 10.2 Å². The summed E-state index contributed by atoms with van der Waals surface area (Å²) in [6.45, 7) is 7.82. The normalized spacial score (nSPS) is 17.4. The van der Waals surface area contributed by atoms with E-state index < -0.39 is 18.6 Å². The molecule has 1 saturated heterocycles. The van der Waals surface area contributed by atoms with E-state index >= 15 is 0 Å². The number of amides is 2. The molecule has 2 N–H and O–H groups in total. The fourth-order valence-corrected chi connectivity index (χ4v) is 3.18. The maximum Gasteiger partial charge on any atom is 0.341 e. The number of nitrogens with one attached hydrogen (secondary N) is 1. The first-order valence-electron chi connectivity index (χ1n) is 8.27. The molecule has 1 atom stereocenters. The Kier molecular flexibility index (Phi) is 5.66. The van der Waals surface area contributed by atoms with E-state index in [1.165, 1.54) is 0 Å². The smallest absolute Gasteiger partial charge is 0.341 e. The van der Waals surface area contributed by atoms with Crippen LogP contribution in [0, 0.1) is 19.8 Å². The van der Waals surface area contributed by atoms with Crippen molar-refractivity contribution >= 4 is 17.8 Å². The first-order chi connectivity index (χ1) is 11.7. The zero-order valence-corrected chi connectivity index (χ0v) is 15.0. The molecule has 0 bridgehead atoms. The van der Waals surface area contributed by atoms with Crippen molar-refractivity contribution in [2.45, 2.75) is 33.7 Å². The summed E-state index contributed by atoms with van der Waals surface area (Å²) in [5, 5.41) is 11.6. The number of nitrogens with zero attached hydrogens (tertiary/aromatic N) is 1. The molecule has 7 nitrogen and oxygen atoms in total. The van der Waals surface area contributed by atoms with Crippen LogP contribution in [0.4, 0.5) is 0 Å². The lowest BCUT2D eigenvalue weighted by Gasteiger charge is -2.37. The summed E-state index contributed by atoms with van der Waals surface area (Å²) >= 11 is 0. The SMILES string of the molecule is Cc1cc(C(=O)N2CCNC(=O)C2C(C)C)cc(C)c1OCC(=O)O. The first kappa shape index (κ1) is 18.8. The van der Waals surface area contributed by atoms with E-state index in [4.69, 9.17) is 9.84 Å². The van der Waals surface area contributed by atoms with Gasteiger partial charge in [0.2, 0.25) is 5.91 Å². The first-order valence-corrected chi connectivity index (χ1v) is 8.27. The van der Waals surface area contributed by atoms with Crippen LogP contribution in [0.1, 0.15) is 35.3 Å². The van der Waals surface area contributed by atoms with Crippen molar-refractivity contribution in [2.24, 2.45) is 5.92 Å². The highest BCUT2D eigenvalue weighted by Crippen LogP contribution is 2.26. The van der Waals surface area contributed by atoms with Crippen LogP contribution >= 0.6 is 0 Å². The fraction of sp³-hybridized carbons (Fsp3) is 0.500. The number of carboxylic acid groups (broad SMARTS) is 1. The molecule has 136 valence electrons. The van der Waals surface area contributed by atoms with Gasteiger partial charge in [0, 0.05) is 18.7 Å². The highest BCUT2D eigenvalue weighted by atomic mass is 16.5. The van der Waals surface area contributed by atoms with Crippen molar-refractivity contribution in [2.75, 3.05) is 19.7 Å². The average molecular weight is 348 g/mol. The molecule has 25 heavy (non-hydrogen) atoms. The highest BCUT2D eigenvalue weighted by Gasteiger charge is 2.35. The molecule has 0 aromatic heterocycles. The Morgan fingerprint density at radius 1 is 1.32 bits per heavy atom. The molecular formula is C18H24N2O5. The minimum absolute atomic E-state index is 0.00428. The van der Waals surface area contributed by atoms with Crippen molar-refractivity contribution in [3.8, 4) is 5.75 Å². The number of aryl methyl sites for hydroxylation is 2. The van der Waals surface area contributed by atoms with Crippen molar-refractivity contribution in [3.05, 3.63) is 28.8 Å². The number of rotatable bonds is 5. The quantitative estimate of drug-likeness (QED) is 0.838. The summed E-state index contributed by atoms with van der Waals surface area (Å²) in [6.07, 6.45) is 0. The lowest BCUT2D eigenvalue weighted by molar-refractivity contribution is -0.139. The summed E-state index contributed by atoms with van der Waals surface area (Å²) in [5.74, 6) is -0.924. The van der Waals surface area contributed by atoms with E-state index in [1.807, 2.05) is 13.8 Å². The Bertz CT molecular complexity index is 676. The van der Waals surface area contributed by atoms with E-state index in [1.54, 1.807) is 30.9 Å². The maximum absolute atomic E-state index is 13.0. The third-order valence-electron chi connectivity index (χ3n) is 4.20. The van der Waals surface area contributed by atoms with Crippen LogP contribution in [-0.4, -0.2) is 53.5 Å². The van der Waals surface area contributed by atoms with Gasteiger partial charge in [0.05, 0.1) is 0 Å².